The van der Waals surface area contributed by atoms with Crippen LogP contribution in [0.15, 0.2) is 43.0 Å². The number of benzene rings is 1. The van der Waals surface area contributed by atoms with E-state index in [4.69, 9.17) is 4.74 Å². The molecule has 162 valence electrons. The van der Waals surface area contributed by atoms with Crippen molar-refractivity contribution in [2.24, 2.45) is 5.92 Å². The maximum Gasteiger partial charge on any atom is 0.255 e. The second kappa shape index (κ2) is 9.89. The van der Waals surface area contributed by atoms with Crippen molar-refractivity contribution in [1.29, 1.82) is 0 Å². The van der Waals surface area contributed by atoms with Crippen LogP contribution in [0.5, 0.6) is 0 Å². The standard InChI is InChI=1S/C23H31N3O4/c1-4-12-24-21(27)17(14-15(2)3)25-22(28)18-11-8-13-26(18)23(29)20-19(30-20)16-9-6-5-7-10-16/h4-7,9-10,15,17-20H,1,8,11-14H2,2-3H3,(H,24,27)(H,25,28)/t17-,18+,19+,20-/m0/s1. The Hall–Kier alpha value is -2.67. The Morgan fingerprint density at radius 2 is 2.00 bits per heavy atom. The van der Waals surface area contributed by atoms with Gasteiger partial charge in [-0.2, -0.15) is 0 Å². The van der Waals surface area contributed by atoms with Gasteiger partial charge in [-0.15, -0.1) is 6.58 Å². The minimum atomic E-state index is -0.635. The van der Waals surface area contributed by atoms with Crippen molar-refractivity contribution in [3.05, 3.63) is 48.6 Å². The Balaban J connectivity index is 1.62. The second-order valence-corrected chi connectivity index (χ2v) is 8.30. The van der Waals surface area contributed by atoms with Gasteiger partial charge in [0.15, 0.2) is 6.10 Å². The van der Waals surface area contributed by atoms with Gasteiger partial charge in [-0.25, -0.2) is 0 Å². The highest BCUT2D eigenvalue weighted by Gasteiger charge is 2.50. The number of nitrogens with zero attached hydrogens (tertiary/aromatic N) is 1. The molecule has 7 heteroatoms. The highest BCUT2D eigenvalue weighted by Crippen LogP contribution is 2.40. The molecule has 3 amide bonds. The van der Waals surface area contributed by atoms with Crippen molar-refractivity contribution in [3.8, 4) is 0 Å². The monoisotopic (exact) mass is 413 g/mol. The molecule has 2 N–H and O–H groups in total. The zero-order valence-electron chi connectivity index (χ0n) is 17.7. The Labute approximate surface area is 177 Å². The summed E-state index contributed by atoms with van der Waals surface area (Å²) in [5.41, 5.74) is 0.965. The average molecular weight is 414 g/mol. The van der Waals surface area contributed by atoms with E-state index in [1.165, 1.54) is 0 Å². The van der Waals surface area contributed by atoms with E-state index >= 15 is 0 Å². The van der Waals surface area contributed by atoms with Crippen molar-refractivity contribution in [1.82, 2.24) is 15.5 Å². The lowest BCUT2D eigenvalue weighted by Crippen LogP contribution is -2.54. The third kappa shape index (κ3) is 5.27. The van der Waals surface area contributed by atoms with Gasteiger partial charge >= 0.3 is 0 Å². The number of ether oxygens (including phenoxy) is 1. The summed E-state index contributed by atoms with van der Waals surface area (Å²) in [5.74, 6) is -0.435. The molecule has 0 bridgehead atoms. The number of likely N-dealkylation sites (tertiary alicyclic amines) is 1. The lowest BCUT2D eigenvalue weighted by molar-refractivity contribution is -0.140. The first-order chi connectivity index (χ1) is 14.4. The zero-order valence-corrected chi connectivity index (χ0v) is 17.7. The first-order valence-electron chi connectivity index (χ1n) is 10.6. The summed E-state index contributed by atoms with van der Waals surface area (Å²) in [7, 11) is 0. The van der Waals surface area contributed by atoms with Gasteiger partial charge in [-0.1, -0.05) is 50.3 Å². The van der Waals surface area contributed by atoms with Crippen LogP contribution in [0.4, 0.5) is 0 Å². The summed E-state index contributed by atoms with van der Waals surface area (Å²) < 4.78 is 5.63. The summed E-state index contributed by atoms with van der Waals surface area (Å²) >= 11 is 0. The van der Waals surface area contributed by atoms with E-state index in [0.717, 1.165) is 12.0 Å². The van der Waals surface area contributed by atoms with E-state index in [1.807, 2.05) is 44.2 Å². The van der Waals surface area contributed by atoms with Crippen LogP contribution >= 0.6 is 0 Å². The summed E-state index contributed by atoms with van der Waals surface area (Å²) in [4.78, 5) is 40.0. The molecular formula is C23H31N3O4. The lowest BCUT2D eigenvalue weighted by atomic mass is 10.0. The Morgan fingerprint density at radius 1 is 1.27 bits per heavy atom. The predicted molar refractivity (Wildman–Crippen MR) is 113 cm³/mol. The van der Waals surface area contributed by atoms with E-state index in [0.29, 0.717) is 25.9 Å². The van der Waals surface area contributed by atoms with Crippen LogP contribution in [0.2, 0.25) is 0 Å². The largest absolute Gasteiger partial charge is 0.354 e. The van der Waals surface area contributed by atoms with E-state index in [9.17, 15) is 14.4 Å². The van der Waals surface area contributed by atoms with Crippen molar-refractivity contribution in [2.75, 3.05) is 13.1 Å². The van der Waals surface area contributed by atoms with Crippen LogP contribution in [-0.2, 0) is 19.1 Å². The number of hydrogen-bond acceptors (Lipinski definition) is 4. The van der Waals surface area contributed by atoms with Crippen molar-refractivity contribution in [3.63, 3.8) is 0 Å². The van der Waals surface area contributed by atoms with Crippen LogP contribution in [0.25, 0.3) is 0 Å². The van der Waals surface area contributed by atoms with Crippen LogP contribution in [0.1, 0.15) is 44.8 Å². The third-order valence-corrected chi connectivity index (χ3v) is 5.46. The van der Waals surface area contributed by atoms with Gasteiger partial charge in [0, 0.05) is 13.1 Å². The molecule has 0 aliphatic carbocycles. The maximum absolute atomic E-state index is 13.0. The number of carbonyl (C=O) groups is 3. The van der Waals surface area contributed by atoms with E-state index < -0.39 is 18.2 Å². The van der Waals surface area contributed by atoms with Crippen molar-refractivity contribution in [2.45, 2.75) is 57.4 Å². The fraction of sp³-hybridized carbons (Fsp3) is 0.522. The van der Waals surface area contributed by atoms with Crippen LogP contribution in [0, 0.1) is 5.92 Å². The molecule has 2 fully saturated rings. The zero-order chi connectivity index (χ0) is 21.7. The molecule has 7 nitrogen and oxygen atoms in total. The molecule has 3 rings (SSSR count). The molecule has 2 aliphatic rings. The van der Waals surface area contributed by atoms with Gasteiger partial charge in [-0.3, -0.25) is 14.4 Å². The molecule has 0 spiro atoms. The summed E-state index contributed by atoms with van der Waals surface area (Å²) in [6.45, 7) is 8.47. The van der Waals surface area contributed by atoms with Gasteiger partial charge in [0.1, 0.15) is 18.2 Å². The maximum atomic E-state index is 13.0. The van der Waals surface area contributed by atoms with Gasteiger partial charge < -0.3 is 20.3 Å². The molecule has 0 aromatic heterocycles. The molecule has 2 saturated heterocycles. The SMILES string of the molecule is C=CCNC(=O)[C@H](CC(C)C)NC(=O)[C@H]1CCCN1C(=O)[C@H]1O[C@@H]1c1ccccc1. The minimum Gasteiger partial charge on any atom is -0.354 e. The molecule has 4 atom stereocenters. The second-order valence-electron chi connectivity index (χ2n) is 8.30. The van der Waals surface area contributed by atoms with E-state index in [-0.39, 0.29) is 29.7 Å². The number of nitrogens with one attached hydrogen (secondary N) is 2. The van der Waals surface area contributed by atoms with E-state index in [2.05, 4.69) is 17.2 Å². The van der Waals surface area contributed by atoms with Crippen LogP contribution in [0.3, 0.4) is 0 Å². The molecule has 2 aliphatic heterocycles. The predicted octanol–water partition coefficient (Wildman–Crippen LogP) is 1.95. The molecule has 1 aromatic carbocycles. The lowest BCUT2D eigenvalue weighted by Gasteiger charge is -2.26. The van der Waals surface area contributed by atoms with Gasteiger partial charge in [0.05, 0.1) is 0 Å². The summed E-state index contributed by atoms with van der Waals surface area (Å²) in [6, 6.07) is 8.41. The highest BCUT2D eigenvalue weighted by atomic mass is 16.6. The van der Waals surface area contributed by atoms with Gasteiger partial charge in [0.25, 0.3) is 5.91 Å². The summed E-state index contributed by atoms with van der Waals surface area (Å²) in [6.07, 6.45) is 2.68. The van der Waals surface area contributed by atoms with Crippen LogP contribution < -0.4 is 10.6 Å². The molecular weight excluding hydrogens is 382 g/mol. The number of rotatable bonds is 9. The Morgan fingerprint density at radius 3 is 2.67 bits per heavy atom. The first-order valence-corrected chi connectivity index (χ1v) is 10.6. The normalized spacial score (nSPS) is 23.7. The van der Waals surface area contributed by atoms with Gasteiger partial charge in [0.2, 0.25) is 11.8 Å². The Kier molecular flexibility index (Phi) is 7.26. The fourth-order valence-electron chi connectivity index (χ4n) is 3.93. The topological polar surface area (TPSA) is 91.0 Å². The summed E-state index contributed by atoms with van der Waals surface area (Å²) in [5, 5.41) is 5.61. The molecule has 2 heterocycles. The molecule has 0 radical (unpaired) electrons. The quantitative estimate of drug-likeness (QED) is 0.478. The number of hydrogen-bond donors (Lipinski definition) is 2. The number of epoxide rings is 1. The van der Waals surface area contributed by atoms with E-state index in [1.54, 1.807) is 11.0 Å². The van der Waals surface area contributed by atoms with Crippen LogP contribution in [-0.4, -0.2) is 53.9 Å². The van der Waals surface area contributed by atoms with Gasteiger partial charge in [-0.05, 0) is 30.7 Å². The highest BCUT2D eigenvalue weighted by molar-refractivity contribution is 5.94. The molecule has 0 unspecified atom stereocenters. The molecule has 0 saturated carbocycles. The average Bonchev–Trinajstić information content (AvgIpc) is 3.38. The minimum absolute atomic E-state index is 0.155. The molecule has 30 heavy (non-hydrogen) atoms. The smallest absolute Gasteiger partial charge is 0.255 e. The number of carbonyl (C=O) groups excluding carboxylic acids is 3. The Bertz CT molecular complexity index is 780. The fourth-order valence-corrected chi connectivity index (χ4v) is 3.93. The first kappa shape index (κ1) is 22.0. The third-order valence-electron chi connectivity index (χ3n) is 5.46. The molecule has 1 aromatic rings. The van der Waals surface area contributed by atoms with Crippen molar-refractivity contribution >= 4 is 17.7 Å². The van der Waals surface area contributed by atoms with Crippen molar-refractivity contribution < 1.29 is 19.1 Å². The number of amides is 3.